The highest BCUT2D eigenvalue weighted by Crippen LogP contribution is 2.15. The van der Waals surface area contributed by atoms with Gasteiger partial charge in [-0.3, -0.25) is 0 Å². The first kappa shape index (κ1) is 12.9. The van der Waals surface area contributed by atoms with E-state index in [4.69, 9.17) is 5.73 Å². The minimum absolute atomic E-state index is 0.171. The minimum Gasteiger partial charge on any atom is -0.465 e. The predicted octanol–water partition coefficient (Wildman–Crippen LogP) is 2.24. The van der Waals surface area contributed by atoms with Gasteiger partial charge in [0, 0.05) is 10.7 Å². The van der Waals surface area contributed by atoms with Crippen molar-refractivity contribution in [2.75, 3.05) is 12.8 Å². The summed E-state index contributed by atoms with van der Waals surface area (Å²) >= 11 is 3.17. The molecule has 0 radical (unpaired) electrons. The van der Waals surface area contributed by atoms with E-state index in [1.807, 2.05) is 13.8 Å². The number of anilines is 1. The summed E-state index contributed by atoms with van der Waals surface area (Å²) < 4.78 is 5.18. The van der Waals surface area contributed by atoms with Crippen LogP contribution in [0, 0.1) is 0 Å². The lowest BCUT2D eigenvalue weighted by atomic mass is 10.2. The van der Waals surface area contributed by atoms with Crippen molar-refractivity contribution < 1.29 is 9.53 Å². The third-order valence-corrected chi connectivity index (χ3v) is 1.72. The molecule has 0 aliphatic rings. The molecule has 0 amide bonds. The number of aromatic nitrogens is 1. The number of nitrogens with zero attached hydrogens (tertiary/aromatic N) is 1. The molecular formula is C9H13BrN2O2. The monoisotopic (exact) mass is 260 g/mol. The van der Waals surface area contributed by atoms with E-state index in [1.165, 1.54) is 13.3 Å². The third-order valence-electron chi connectivity index (χ3n) is 1.29. The lowest BCUT2D eigenvalue weighted by Crippen LogP contribution is -2.06. The molecule has 0 aliphatic heterocycles. The molecule has 0 bridgehead atoms. The summed E-state index contributed by atoms with van der Waals surface area (Å²) in [6.07, 6.45) is 1.52. The highest BCUT2D eigenvalue weighted by atomic mass is 79.9. The number of esters is 1. The molecule has 1 heterocycles. The van der Waals surface area contributed by atoms with E-state index in [0.717, 1.165) is 0 Å². The number of nitrogens with two attached hydrogens (primary N) is 1. The van der Waals surface area contributed by atoms with Crippen LogP contribution < -0.4 is 5.73 Å². The Kier molecular flexibility index (Phi) is 5.87. The summed E-state index contributed by atoms with van der Waals surface area (Å²) in [6, 6.07) is 1.56. The molecule has 0 aromatic carbocycles. The molecule has 5 heteroatoms. The number of nitrogen functional groups attached to an aromatic ring is 1. The first-order valence-electron chi connectivity index (χ1n) is 4.14. The van der Waals surface area contributed by atoms with Gasteiger partial charge >= 0.3 is 5.97 Å². The molecule has 4 nitrogen and oxygen atoms in total. The van der Waals surface area contributed by atoms with Crippen LogP contribution in [-0.2, 0) is 4.74 Å². The molecule has 0 aliphatic carbocycles. The molecule has 1 rings (SSSR count). The fraction of sp³-hybridized carbons (Fsp3) is 0.333. The largest absolute Gasteiger partial charge is 0.465 e. The Labute approximate surface area is 91.6 Å². The number of hydrogen-bond acceptors (Lipinski definition) is 4. The highest BCUT2D eigenvalue weighted by Gasteiger charge is 2.10. The highest BCUT2D eigenvalue weighted by molar-refractivity contribution is 9.10. The smallest absolute Gasteiger partial charge is 0.341 e. The second-order valence-corrected chi connectivity index (χ2v) is 2.99. The molecule has 0 fully saturated rings. The molecule has 0 atom stereocenters. The lowest BCUT2D eigenvalue weighted by molar-refractivity contribution is 0.0601. The number of carbonyl (C=O) groups excluding carboxylic acids is 1. The van der Waals surface area contributed by atoms with Crippen LogP contribution in [0.25, 0.3) is 0 Å². The fourth-order valence-corrected chi connectivity index (χ4v) is 1.05. The average Bonchev–Trinajstić information content (AvgIpc) is 2.23. The second kappa shape index (κ2) is 6.37. The van der Waals surface area contributed by atoms with E-state index in [1.54, 1.807) is 6.07 Å². The Balaban J connectivity index is 0.000000791. The van der Waals surface area contributed by atoms with Crippen LogP contribution in [0.1, 0.15) is 24.2 Å². The van der Waals surface area contributed by atoms with Crippen LogP contribution in [0.3, 0.4) is 0 Å². The van der Waals surface area contributed by atoms with Crippen LogP contribution in [0.5, 0.6) is 0 Å². The van der Waals surface area contributed by atoms with Gasteiger partial charge in [-0.25, -0.2) is 9.78 Å². The van der Waals surface area contributed by atoms with Crippen LogP contribution >= 0.6 is 15.9 Å². The van der Waals surface area contributed by atoms with E-state index < -0.39 is 5.97 Å². The van der Waals surface area contributed by atoms with E-state index >= 15 is 0 Å². The summed E-state index contributed by atoms with van der Waals surface area (Å²) in [5, 5.41) is 0. The maximum Gasteiger partial charge on any atom is 0.341 e. The van der Waals surface area contributed by atoms with Crippen molar-refractivity contribution in [2.45, 2.75) is 13.8 Å². The Hall–Kier alpha value is -1.10. The van der Waals surface area contributed by atoms with Gasteiger partial charge in [0.1, 0.15) is 11.4 Å². The number of ether oxygens (including phenoxy) is 1. The zero-order chi connectivity index (χ0) is 11.1. The van der Waals surface area contributed by atoms with Crippen LogP contribution in [0.15, 0.2) is 16.7 Å². The summed E-state index contributed by atoms with van der Waals surface area (Å²) in [5.41, 5.74) is 5.70. The maximum absolute atomic E-state index is 11.0. The van der Waals surface area contributed by atoms with Crippen molar-refractivity contribution in [3.05, 3.63) is 22.3 Å². The van der Waals surface area contributed by atoms with Gasteiger partial charge in [0.2, 0.25) is 0 Å². The van der Waals surface area contributed by atoms with Gasteiger partial charge in [-0.1, -0.05) is 13.8 Å². The number of methoxy groups -OCH3 is 1. The molecule has 78 valence electrons. The zero-order valence-electron chi connectivity index (χ0n) is 8.37. The molecule has 0 spiro atoms. The normalized spacial score (nSPS) is 8.57. The van der Waals surface area contributed by atoms with Gasteiger partial charge in [0.05, 0.1) is 7.11 Å². The Morgan fingerprint density at radius 1 is 1.57 bits per heavy atom. The number of carbonyl (C=O) groups is 1. The second-order valence-electron chi connectivity index (χ2n) is 2.08. The Morgan fingerprint density at radius 2 is 2.14 bits per heavy atom. The van der Waals surface area contributed by atoms with E-state index in [2.05, 4.69) is 25.7 Å². The van der Waals surface area contributed by atoms with Gasteiger partial charge in [-0.05, 0) is 22.0 Å². The van der Waals surface area contributed by atoms with E-state index in [9.17, 15) is 4.79 Å². The topological polar surface area (TPSA) is 65.2 Å². The molecular weight excluding hydrogens is 248 g/mol. The van der Waals surface area contributed by atoms with Crippen molar-refractivity contribution >= 4 is 27.7 Å². The molecule has 0 unspecified atom stereocenters. The van der Waals surface area contributed by atoms with Crippen LogP contribution in [0.4, 0.5) is 5.82 Å². The summed E-state index contributed by atoms with van der Waals surface area (Å²) in [7, 11) is 1.29. The molecule has 0 saturated carbocycles. The van der Waals surface area contributed by atoms with Gasteiger partial charge in [-0.15, -0.1) is 0 Å². The van der Waals surface area contributed by atoms with Crippen molar-refractivity contribution in [2.24, 2.45) is 0 Å². The number of halogens is 1. The maximum atomic E-state index is 11.0. The Bertz CT molecular complexity index is 316. The molecule has 1 aromatic rings. The van der Waals surface area contributed by atoms with Gasteiger partial charge in [0.15, 0.2) is 0 Å². The lowest BCUT2D eigenvalue weighted by Gasteiger charge is -2.01. The van der Waals surface area contributed by atoms with Crippen molar-refractivity contribution in [1.82, 2.24) is 4.98 Å². The summed E-state index contributed by atoms with van der Waals surface area (Å²) in [4.78, 5) is 14.8. The minimum atomic E-state index is -0.485. The molecule has 14 heavy (non-hydrogen) atoms. The van der Waals surface area contributed by atoms with Crippen LogP contribution in [0.2, 0.25) is 0 Å². The fourth-order valence-electron chi connectivity index (χ4n) is 0.723. The Morgan fingerprint density at radius 3 is 2.64 bits per heavy atom. The average molecular weight is 261 g/mol. The molecule has 1 aromatic heterocycles. The van der Waals surface area contributed by atoms with Gasteiger partial charge in [0.25, 0.3) is 0 Å². The summed E-state index contributed by atoms with van der Waals surface area (Å²) in [6.45, 7) is 4.00. The molecule has 0 saturated heterocycles. The van der Waals surface area contributed by atoms with Gasteiger partial charge < -0.3 is 10.5 Å². The zero-order valence-corrected chi connectivity index (χ0v) is 9.96. The first-order valence-corrected chi connectivity index (χ1v) is 4.93. The van der Waals surface area contributed by atoms with E-state index in [-0.39, 0.29) is 11.4 Å². The van der Waals surface area contributed by atoms with Crippen molar-refractivity contribution in [1.29, 1.82) is 0 Å². The predicted molar refractivity (Wildman–Crippen MR) is 59.0 cm³/mol. The van der Waals surface area contributed by atoms with Crippen molar-refractivity contribution in [3.8, 4) is 0 Å². The molecule has 2 N–H and O–H groups in total. The van der Waals surface area contributed by atoms with Crippen LogP contribution in [-0.4, -0.2) is 18.1 Å². The first-order chi connectivity index (χ1) is 6.65. The quantitative estimate of drug-likeness (QED) is 0.787. The van der Waals surface area contributed by atoms with E-state index in [0.29, 0.717) is 4.47 Å². The van der Waals surface area contributed by atoms with Crippen molar-refractivity contribution in [3.63, 3.8) is 0 Å². The number of pyridine rings is 1. The number of rotatable bonds is 1. The number of hydrogen-bond donors (Lipinski definition) is 1. The third kappa shape index (κ3) is 3.33. The summed E-state index contributed by atoms with van der Waals surface area (Å²) in [5.74, 6) is -0.314. The standard InChI is InChI=1S/C7H7BrN2O2.C2H6/c1-12-7(11)5-2-4(8)3-10-6(5)9;1-2/h2-3H,1H3,(H2,9,10);1-2H3. The SMILES string of the molecule is CC.COC(=O)c1cc(Br)cnc1N. The van der Waals surface area contributed by atoms with Gasteiger partial charge in [-0.2, -0.15) is 0 Å².